The van der Waals surface area contributed by atoms with Crippen LogP contribution in [-0.4, -0.2) is 23.3 Å². The largest absolute Gasteiger partial charge is 0.483 e. The molecule has 1 amide bonds. The van der Waals surface area contributed by atoms with E-state index in [9.17, 15) is 4.79 Å². The molecule has 25 heavy (non-hydrogen) atoms. The Bertz CT molecular complexity index is 947. The summed E-state index contributed by atoms with van der Waals surface area (Å²) in [7, 11) is 2.02. The number of aryl methyl sites for hydroxylation is 1. The molecule has 0 aliphatic carbocycles. The third kappa shape index (κ3) is 3.84. The van der Waals surface area contributed by atoms with Crippen molar-refractivity contribution in [3.05, 3.63) is 63.4 Å². The molecule has 0 bridgehead atoms. The van der Waals surface area contributed by atoms with Crippen LogP contribution < -0.4 is 10.2 Å². The average Bonchev–Trinajstić information content (AvgIpc) is 2.86. The number of rotatable bonds is 5. The summed E-state index contributed by atoms with van der Waals surface area (Å²) in [4.78, 5) is 11.9. The number of benzene rings is 2. The Kier molecular flexibility index (Phi) is 5.37. The Morgan fingerprint density at radius 1 is 1.24 bits per heavy atom. The SMILES string of the molecule is Cc1c(/C=N\NC(=O)COc2ccccc2I)c2ccccc2n1C. The summed E-state index contributed by atoms with van der Waals surface area (Å²) in [5, 5.41) is 5.19. The Morgan fingerprint density at radius 3 is 2.76 bits per heavy atom. The summed E-state index contributed by atoms with van der Waals surface area (Å²) in [5.41, 5.74) is 5.74. The molecule has 0 spiro atoms. The van der Waals surface area contributed by atoms with Crippen LogP contribution in [0.3, 0.4) is 0 Å². The van der Waals surface area contributed by atoms with Crippen LogP contribution in [0.15, 0.2) is 53.6 Å². The number of ether oxygens (including phenoxy) is 1. The van der Waals surface area contributed by atoms with E-state index < -0.39 is 0 Å². The van der Waals surface area contributed by atoms with E-state index in [4.69, 9.17) is 4.74 Å². The van der Waals surface area contributed by atoms with Crippen molar-refractivity contribution in [1.82, 2.24) is 9.99 Å². The van der Waals surface area contributed by atoms with Crippen molar-refractivity contribution in [2.24, 2.45) is 12.1 Å². The third-order valence-corrected chi connectivity index (χ3v) is 4.92. The number of fused-ring (bicyclic) bond motifs is 1. The first-order valence-electron chi connectivity index (χ1n) is 7.81. The van der Waals surface area contributed by atoms with Crippen LogP contribution in [0.4, 0.5) is 0 Å². The van der Waals surface area contributed by atoms with Crippen LogP contribution >= 0.6 is 22.6 Å². The highest BCUT2D eigenvalue weighted by atomic mass is 127. The van der Waals surface area contributed by atoms with Crippen LogP contribution in [0.1, 0.15) is 11.3 Å². The molecule has 3 aromatic rings. The van der Waals surface area contributed by atoms with Gasteiger partial charge in [0.1, 0.15) is 5.75 Å². The highest BCUT2D eigenvalue weighted by Crippen LogP contribution is 2.23. The van der Waals surface area contributed by atoms with Crippen molar-refractivity contribution in [2.75, 3.05) is 6.61 Å². The minimum absolute atomic E-state index is 0.0775. The molecule has 0 saturated heterocycles. The lowest BCUT2D eigenvalue weighted by molar-refractivity contribution is -0.123. The maximum Gasteiger partial charge on any atom is 0.277 e. The van der Waals surface area contributed by atoms with E-state index in [0.717, 1.165) is 25.7 Å². The van der Waals surface area contributed by atoms with Gasteiger partial charge in [-0.3, -0.25) is 4.79 Å². The second kappa shape index (κ2) is 7.69. The number of para-hydroxylation sites is 2. The fourth-order valence-electron chi connectivity index (χ4n) is 2.62. The fraction of sp³-hybridized carbons (Fsp3) is 0.158. The highest BCUT2D eigenvalue weighted by Gasteiger charge is 2.09. The van der Waals surface area contributed by atoms with E-state index >= 15 is 0 Å². The van der Waals surface area contributed by atoms with Crippen molar-refractivity contribution < 1.29 is 9.53 Å². The summed E-state index contributed by atoms with van der Waals surface area (Å²) in [6.45, 7) is 1.95. The van der Waals surface area contributed by atoms with Crippen molar-refractivity contribution in [2.45, 2.75) is 6.92 Å². The smallest absolute Gasteiger partial charge is 0.277 e. The van der Waals surface area contributed by atoms with Crippen LogP contribution in [-0.2, 0) is 11.8 Å². The molecule has 1 heterocycles. The fourth-order valence-corrected chi connectivity index (χ4v) is 3.16. The lowest BCUT2D eigenvalue weighted by Gasteiger charge is -2.06. The zero-order valence-electron chi connectivity index (χ0n) is 14.0. The molecule has 0 saturated carbocycles. The van der Waals surface area contributed by atoms with Gasteiger partial charge in [-0.05, 0) is 47.7 Å². The predicted molar refractivity (Wildman–Crippen MR) is 108 cm³/mol. The molecule has 3 rings (SSSR count). The normalized spacial score (nSPS) is 11.2. The van der Waals surface area contributed by atoms with Gasteiger partial charge in [0.2, 0.25) is 0 Å². The first kappa shape index (κ1) is 17.5. The van der Waals surface area contributed by atoms with Gasteiger partial charge in [-0.1, -0.05) is 30.3 Å². The zero-order valence-corrected chi connectivity index (χ0v) is 16.1. The topological polar surface area (TPSA) is 55.6 Å². The molecule has 0 radical (unpaired) electrons. The van der Waals surface area contributed by atoms with E-state index in [1.165, 1.54) is 0 Å². The third-order valence-electron chi connectivity index (χ3n) is 4.03. The monoisotopic (exact) mass is 447 g/mol. The van der Waals surface area contributed by atoms with Gasteiger partial charge in [0.05, 0.1) is 9.78 Å². The molecule has 0 atom stereocenters. The molecule has 128 valence electrons. The number of halogens is 1. The molecule has 1 aromatic heterocycles. The van der Waals surface area contributed by atoms with Crippen LogP contribution in [0.2, 0.25) is 0 Å². The molecule has 0 fully saturated rings. The number of nitrogens with one attached hydrogen (secondary N) is 1. The van der Waals surface area contributed by atoms with Gasteiger partial charge in [-0.25, -0.2) is 5.43 Å². The zero-order chi connectivity index (χ0) is 17.8. The Morgan fingerprint density at radius 2 is 1.96 bits per heavy atom. The first-order valence-corrected chi connectivity index (χ1v) is 8.89. The van der Waals surface area contributed by atoms with Gasteiger partial charge >= 0.3 is 0 Å². The highest BCUT2D eigenvalue weighted by molar-refractivity contribution is 14.1. The van der Waals surface area contributed by atoms with Gasteiger partial charge in [-0.2, -0.15) is 5.10 Å². The summed E-state index contributed by atoms with van der Waals surface area (Å²) < 4.78 is 8.57. The average molecular weight is 447 g/mol. The summed E-state index contributed by atoms with van der Waals surface area (Å²) in [5.74, 6) is 0.390. The molecule has 0 aliphatic heterocycles. The number of hydrogen-bond donors (Lipinski definition) is 1. The van der Waals surface area contributed by atoms with Gasteiger partial charge in [-0.15, -0.1) is 0 Å². The number of carbonyl (C=O) groups is 1. The Labute approximate surface area is 159 Å². The number of hydrogen-bond acceptors (Lipinski definition) is 3. The molecule has 5 nitrogen and oxygen atoms in total. The second-order valence-corrected chi connectivity index (χ2v) is 6.75. The minimum Gasteiger partial charge on any atom is -0.483 e. The van der Waals surface area contributed by atoms with Crippen LogP contribution in [0.25, 0.3) is 10.9 Å². The predicted octanol–water partition coefficient (Wildman–Crippen LogP) is 3.62. The number of aromatic nitrogens is 1. The van der Waals surface area contributed by atoms with Gasteiger partial charge in [0.15, 0.2) is 6.61 Å². The second-order valence-electron chi connectivity index (χ2n) is 5.59. The molecular formula is C19H18IN3O2. The number of carbonyl (C=O) groups excluding carboxylic acids is 1. The molecule has 0 aliphatic rings. The van der Waals surface area contributed by atoms with E-state index in [2.05, 4.69) is 43.8 Å². The van der Waals surface area contributed by atoms with Gasteiger partial charge in [0, 0.05) is 29.2 Å². The molecule has 0 unspecified atom stereocenters. The Hall–Kier alpha value is -2.35. The van der Waals surface area contributed by atoms with Gasteiger partial charge in [0.25, 0.3) is 5.91 Å². The first-order chi connectivity index (χ1) is 12.1. The van der Waals surface area contributed by atoms with Crippen molar-refractivity contribution in [3.63, 3.8) is 0 Å². The Balaban J connectivity index is 1.65. The van der Waals surface area contributed by atoms with Crippen molar-refractivity contribution in [1.29, 1.82) is 0 Å². The summed E-state index contributed by atoms with van der Waals surface area (Å²) >= 11 is 2.17. The molecule has 6 heteroatoms. The molecular weight excluding hydrogens is 429 g/mol. The summed E-state index contributed by atoms with van der Waals surface area (Å²) in [6, 6.07) is 15.7. The molecule has 1 N–H and O–H groups in total. The molecule has 2 aromatic carbocycles. The van der Waals surface area contributed by atoms with Crippen molar-refractivity contribution >= 4 is 45.6 Å². The number of hydrazone groups is 1. The van der Waals surface area contributed by atoms with E-state index in [1.54, 1.807) is 6.21 Å². The number of nitrogens with zero attached hydrogens (tertiary/aromatic N) is 2. The minimum atomic E-state index is -0.297. The number of amides is 1. The van der Waals surface area contributed by atoms with Gasteiger partial charge < -0.3 is 9.30 Å². The quantitative estimate of drug-likeness (QED) is 0.369. The van der Waals surface area contributed by atoms with E-state index in [0.29, 0.717) is 5.75 Å². The van der Waals surface area contributed by atoms with Crippen molar-refractivity contribution in [3.8, 4) is 5.75 Å². The van der Waals surface area contributed by atoms with Crippen LogP contribution in [0.5, 0.6) is 5.75 Å². The van der Waals surface area contributed by atoms with E-state index in [1.807, 2.05) is 56.4 Å². The lowest BCUT2D eigenvalue weighted by atomic mass is 10.1. The lowest BCUT2D eigenvalue weighted by Crippen LogP contribution is -2.24. The standard InChI is InChI=1S/C19H18IN3O2/c1-13-15(14-7-3-5-9-17(14)23(13)2)11-21-22-19(24)12-25-18-10-6-4-8-16(18)20/h3-11H,12H2,1-2H3,(H,22,24)/b21-11-. The maximum absolute atomic E-state index is 11.9. The summed E-state index contributed by atoms with van der Waals surface area (Å²) in [6.07, 6.45) is 1.68. The van der Waals surface area contributed by atoms with Crippen LogP contribution in [0, 0.1) is 10.5 Å². The maximum atomic E-state index is 11.9. The van der Waals surface area contributed by atoms with E-state index in [-0.39, 0.29) is 12.5 Å².